The smallest absolute Gasteiger partial charge is 0.235 e. The maximum Gasteiger partial charge on any atom is 0.235 e. The zero-order chi connectivity index (χ0) is 29.0. The molecule has 206 valence electrons. The first kappa shape index (κ1) is 24.5. The maximum atomic E-state index is 5.33. The van der Waals surface area contributed by atoms with Crippen molar-refractivity contribution in [3.63, 3.8) is 0 Å². The third-order valence-electron chi connectivity index (χ3n) is 8.18. The zero-order valence-corrected chi connectivity index (χ0v) is 23.5. The van der Waals surface area contributed by atoms with E-state index in [9.17, 15) is 0 Å². The second-order valence-electron chi connectivity index (χ2n) is 10.8. The SMILES string of the molecule is c1ccc(-c2cc(-c3ccccc3)nc(-n3c4cccnc4c4nc5c6ccccc6n(-c6ccccc6)c5cc43)n2)cc1. The molecule has 0 bridgehead atoms. The number of benzene rings is 4. The van der Waals surface area contributed by atoms with Gasteiger partial charge in [0.2, 0.25) is 5.95 Å². The number of hydrogen-bond acceptors (Lipinski definition) is 4. The third kappa shape index (κ3) is 3.75. The van der Waals surface area contributed by atoms with E-state index in [2.05, 4.69) is 100 Å². The van der Waals surface area contributed by atoms with Crippen LogP contribution in [0.2, 0.25) is 0 Å². The van der Waals surface area contributed by atoms with Gasteiger partial charge in [-0.05, 0) is 42.5 Å². The van der Waals surface area contributed by atoms with Crippen LogP contribution in [0.1, 0.15) is 0 Å². The normalized spacial score (nSPS) is 11.6. The highest BCUT2D eigenvalue weighted by atomic mass is 15.2. The van der Waals surface area contributed by atoms with Gasteiger partial charge in [-0.15, -0.1) is 0 Å². The van der Waals surface area contributed by atoms with E-state index in [0.29, 0.717) is 5.95 Å². The van der Waals surface area contributed by atoms with E-state index < -0.39 is 0 Å². The highest BCUT2D eigenvalue weighted by molar-refractivity contribution is 6.14. The maximum absolute atomic E-state index is 5.33. The van der Waals surface area contributed by atoms with Gasteiger partial charge in [-0.3, -0.25) is 9.55 Å². The van der Waals surface area contributed by atoms with Gasteiger partial charge in [0.1, 0.15) is 11.0 Å². The van der Waals surface area contributed by atoms with Crippen LogP contribution in [-0.4, -0.2) is 29.1 Å². The van der Waals surface area contributed by atoms with Crippen LogP contribution in [-0.2, 0) is 0 Å². The number of rotatable bonds is 4. The molecule has 9 aromatic rings. The van der Waals surface area contributed by atoms with Gasteiger partial charge < -0.3 is 4.57 Å². The molecule has 0 saturated heterocycles. The third-order valence-corrected chi connectivity index (χ3v) is 8.18. The molecular formula is C38H24N6. The van der Waals surface area contributed by atoms with Crippen molar-refractivity contribution in [3.8, 4) is 34.2 Å². The minimum Gasteiger partial charge on any atom is -0.308 e. The Bertz CT molecular complexity index is 2420. The van der Waals surface area contributed by atoms with E-state index >= 15 is 0 Å². The molecule has 0 spiro atoms. The molecule has 0 unspecified atom stereocenters. The highest BCUT2D eigenvalue weighted by Crippen LogP contribution is 2.37. The Balaban J connectivity index is 1.41. The molecule has 0 fully saturated rings. The quantitative estimate of drug-likeness (QED) is 0.214. The fourth-order valence-electron chi connectivity index (χ4n) is 6.21. The van der Waals surface area contributed by atoms with E-state index in [4.69, 9.17) is 19.9 Å². The van der Waals surface area contributed by atoms with Crippen molar-refractivity contribution in [3.05, 3.63) is 146 Å². The first-order valence-electron chi connectivity index (χ1n) is 14.6. The van der Waals surface area contributed by atoms with Crippen molar-refractivity contribution in [1.82, 2.24) is 29.1 Å². The molecule has 0 aliphatic carbocycles. The van der Waals surface area contributed by atoms with Crippen LogP contribution in [0.5, 0.6) is 0 Å². The van der Waals surface area contributed by atoms with Crippen molar-refractivity contribution in [2.24, 2.45) is 0 Å². The minimum atomic E-state index is 0.571. The number of nitrogens with zero attached hydrogens (tertiary/aromatic N) is 6. The summed E-state index contributed by atoms with van der Waals surface area (Å²) in [5, 5.41) is 1.10. The van der Waals surface area contributed by atoms with Crippen LogP contribution >= 0.6 is 0 Å². The first-order valence-corrected chi connectivity index (χ1v) is 14.6. The molecule has 9 rings (SSSR count). The Hall–Kier alpha value is -6.14. The molecule has 0 N–H and O–H groups in total. The summed E-state index contributed by atoms with van der Waals surface area (Å²) in [6.45, 7) is 0. The molecule has 6 nitrogen and oxygen atoms in total. The Morgan fingerprint density at radius 1 is 0.409 bits per heavy atom. The summed E-state index contributed by atoms with van der Waals surface area (Å²) < 4.78 is 4.39. The second-order valence-corrected chi connectivity index (χ2v) is 10.8. The van der Waals surface area contributed by atoms with Gasteiger partial charge in [-0.1, -0.05) is 97.1 Å². The fourth-order valence-corrected chi connectivity index (χ4v) is 6.21. The predicted octanol–water partition coefficient (Wildman–Crippen LogP) is 8.79. The second kappa shape index (κ2) is 9.71. The Labute approximate surface area is 252 Å². The minimum absolute atomic E-state index is 0.571. The summed E-state index contributed by atoms with van der Waals surface area (Å²) in [5.41, 5.74) is 11.3. The summed E-state index contributed by atoms with van der Waals surface area (Å²) in [6, 6.07) is 47.7. The average Bonchev–Trinajstić information content (AvgIpc) is 3.60. The largest absolute Gasteiger partial charge is 0.308 e. The van der Waals surface area contributed by atoms with Gasteiger partial charge >= 0.3 is 0 Å². The topological polar surface area (TPSA) is 61.4 Å². The average molecular weight is 565 g/mol. The number of fused-ring (bicyclic) bond motifs is 6. The van der Waals surface area contributed by atoms with Crippen molar-refractivity contribution < 1.29 is 0 Å². The monoisotopic (exact) mass is 564 g/mol. The number of pyridine rings is 2. The summed E-state index contributed by atoms with van der Waals surface area (Å²) in [7, 11) is 0. The van der Waals surface area contributed by atoms with Crippen LogP contribution in [0.4, 0.5) is 0 Å². The molecule has 0 aliphatic heterocycles. The molecular weight excluding hydrogens is 540 g/mol. The van der Waals surface area contributed by atoms with Crippen LogP contribution in [0.15, 0.2) is 146 Å². The lowest BCUT2D eigenvalue weighted by atomic mass is 10.1. The number of para-hydroxylation sites is 2. The van der Waals surface area contributed by atoms with Gasteiger partial charge in [0.05, 0.1) is 39.0 Å². The van der Waals surface area contributed by atoms with Gasteiger partial charge in [0.25, 0.3) is 0 Å². The molecule has 0 saturated carbocycles. The van der Waals surface area contributed by atoms with Crippen LogP contribution in [0.25, 0.3) is 78.2 Å². The number of aromatic nitrogens is 6. The summed E-state index contributed by atoms with van der Waals surface area (Å²) in [4.78, 5) is 20.5. The van der Waals surface area contributed by atoms with E-state index in [0.717, 1.165) is 72.2 Å². The van der Waals surface area contributed by atoms with E-state index in [1.165, 1.54) is 0 Å². The zero-order valence-electron chi connectivity index (χ0n) is 23.5. The Kier molecular flexibility index (Phi) is 5.40. The fraction of sp³-hybridized carbons (Fsp3) is 0. The lowest BCUT2D eigenvalue weighted by Gasteiger charge is -2.12. The summed E-state index contributed by atoms with van der Waals surface area (Å²) in [6.07, 6.45) is 1.82. The van der Waals surface area contributed by atoms with Gasteiger partial charge in [-0.2, -0.15) is 0 Å². The van der Waals surface area contributed by atoms with E-state index in [1.54, 1.807) is 0 Å². The standard InChI is InChI=1S/C38H24N6/c1-4-13-25(14-5-1)29-23-30(26-15-6-2-7-16-26)41-38(40-29)44-32-21-12-22-39-36(32)37-34(44)24-33-35(42-37)28-19-10-11-20-31(28)43(33)27-17-8-3-9-18-27/h1-24H. The lowest BCUT2D eigenvalue weighted by molar-refractivity contribution is 0.994. The highest BCUT2D eigenvalue weighted by Gasteiger charge is 2.22. The molecule has 0 amide bonds. The van der Waals surface area contributed by atoms with Gasteiger partial charge in [0.15, 0.2) is 0 Å². The molecule has 6 heteroatoms. The Morgan fingerprint density at radius 2 is 1.00 bits per heavy atom. The molecule has 0 radical (unpaired) electrons. The molecule has 0 aliphatic rings. The first-order chi connectivity index (χ1) is 21.8. The lowest BCUT2D eigenvalue weighted by Crippen LogP contribution is -2.04. The van der Waals surface area contributed by atoms with Crippen molar-refractivity contribution >= 4 is 44.0 Å². The molecule has 5 heterocycles. The van der Waals surface area contributed by atoms with E-state index in [-0.39, 0.29) is 0 Å². The van der Waals surface area contributed by atoms with Gasteiger partial charge in [-0.25, -0.2) is 15.0 Å². The number of hydrogen-bond donors (Lipinski definition) is 0. The Morgan fingerprint density at radius 3 is 1.70 bits per heavy atom. The van der Waals surface area contributed by atoms with Crippen LogP contribution in [0, 0.1) is 0 Å². The molecule has 5 aromatic heterocycles. The van der Waals surface area contributed by atoms with Crippen LogP contribution in [0.3, 0.4) is 0 Å². The molecule has 44 heavy (non-hydrogen) atoms. The van der Waals surface area contributed by atoms with Gasteiger partial charge in [0, 0.05) is 28.4 Å². The predicted molar refractivity (Wildman–Crippen MR) is 177 cm³/mol. The molecule has 4 aromatic carbocycles. The van der Waals surface area contributed by atoms with Crippen molar-refractivity contribution in [1.29, 1.82) is 0 Å². The van der Waals surface area contributed by atoms with E-state index in [1.807, 2.05) is 54.7 Å². The van der Waals surface area contributed by atoms with Crippen molar-refractivity contribution in [2.75, 3.05) is 0 Å². The summed E-state index contributed by atoms with van der Waals surface area (Å²) >= 11 is 0. The van der Waals surface area contributed by atoms with Crippen LogP contribution < -0.4 is 0 Å². The summed E-state index contributed by atoms with van der Waals surface area (Å²) in [5.74, 6) is 0.571. The van der Waals surface area contributed by atoms with Crippen molar-refractivity contribution in [2.45, 2.75) is 0 Å². The molecule has 0 atom stereocenters.